The Labute approximate surface area is 122 Å². The minimum Gasteiger partial charge on any atom is -0.461 e. The first-order valence-corrected chi connectivity index (χ1v) is 7.52. The van der Waals surface area contributed by atoms with Gasteiger partial charge in [-0.3, -0.25) is 0 Å². The second kappa shape index (κ2) is 6.76. The molecule has 0 radical (unpaired) electrons. The summed E-state index contributed by atoms with van der Waals surface area (Å²) in [5.74, 6) is 2.57. The van der Waals surface area contributed by atoms with Gasteiger partial charge in [-0.25, -0.2) is 0 Å². The zero-order chi connectivity index (χ0) is 14.5. The normalized spacial score (nSPS) is 12.8. The van der Waals surface area contributed by atoms with Crippen molar-refractivity contribution < 1.29 is 4.42 Å². The molecule has 108 valence electrons. The van der Waals surface area contributed by atoms with Gasteiger partial charge < -0.3 is 9.73 Å². The van der Waals surface area contributed by atoms with Gasteiger partial charge in [0.2, 0.25) is 0 Å². The van der Waals surface area contributed by atoms with Gasteiger partial charge in [0, 0.05) is 18.0 Å². The second-order valence-corrected chi connectivity index (χ2v) is 5.71. The Morgan fingerprint density at radius 2 is 1.70 bits per heavy atom. The van der Waals surface area contributed by atoms with Gasteiger partial charge in [-0.2, -0.15) is 0 Å². The molecule has 1 atom stereocenters. The lowest BCUT2D eigenvalue weighted by Crippen LogP contribution is -2.27. The number of furan rings is 1. The van der Waals surface area contributed by atoms with E-state index in [1.54, 1.807) is 0 Å². The van der Waals surface area contributed by atoms with Crippen molar-refractivity contribution in [2.24, 2.45) is 0 Å². The largest absolute Gasteiger partial charge is 0.461 e. The van der Waals surface area contributed by atoms with Crippen LogP contribution in [0.25, 0.3) is 11.3 Å². The van der Waals surface area contributed by atoms with Crippen LogP contribution in [-0.4, -0.2) is 12.6 Å². The summed E-state index contributed by atoms with van der Waals surface area (Å²) < 4.78 is 5.95. The lowest BCUT2D eigenvalue weighted by atomic mass is 10.0. The first kappa shape index (κ1) is 14.9. The molecular formula is C18H25NO. The van der Waals surface area contributed by atoms with Crippen LogP contribution in [0.1, 0.15) is 44.9 Å². The summed E-state index contributed by atoms with van der Waals surface area (Å²) in [5.41, 5.74) is 2.51. The van der Waals surface area contributed by atoms with E-state index >= 15 is 0 Å². The van der Waals surface area contributed by atoms with Crippen molar-refractivity contribution in [1.29, 1.82) is 0 Å². The van der Waals surface area contributed by atoms with E-state index in [9.17, 15) is 0 Å². The highest BCUT2D eigenvalue weighted by Crippen LogP contribution is 2.25. The van der Waals surface area contributed by atoms with Gasteiger partial charge in [0.05, 0.1) is 0 Å². The zero-order valence-electron chi connectivity index (χ0n) is 12.9. The van der Waals surface area contributed by atoms with E-state index in [0.29, 0.717) is 12.0 Å². The molecule has 1 N–H and O–H groups in total. The third-order valence-electron chi connectivity index (χ3n) is 3.58. The number of nitrogens with one attached hydrogen (secondary N) is 1. The van der Waals surface area contributed by atoms with Crippen LogP contribution in [0.5, 0.6) is 0 Å². The van der Waals surface area contributed by atoms with Crippen LogP contribution in [0.15, 0.2) is 40.8 Å². The summed E-state index contributed by atoms with van der Waals surface area (Å²) in [6.07, 6.45) is 0.928. The van der Waals surface area contributed by atoms with E-state index in [1.807, 2.05) is 0 Å². The Morgan fingerprint density at radius 1 is 1.00 bits per heavy atom. The molecule has 0 fully saturated rings. The van der Waals surface area contributed by atoms with Gasteiger partial charge in [-0.1, -0.05) is 45.0 Å². The van der Waals surface area contributed by atoms with E-state index in [1.165, 1.54) is 5.56 Å². The highest BCUT2D eigenvalue weighted by Gasteiger charge is 2.08. The number of hydrogen-bond donors (Lipinski definition) is 1. The third-order valence-corrected chi connectivity index (χ3v) is 3.58. The van der Waals surface area contributed by atoms with E-state index in [2.05, 4.69) is 69.4 Å². The van der Waals surface area contributed by atoms with Crippen LogP contribution >= 0.6 is 0 Å². The van der Waals surface area contributed by atoms with Crippen molar-refractivity contribution in [3.05, 3.63) is 47.7 Å². The van der Waals surface area contributed by atoms with Crippen molar-refractivity contribution >= 4 is 0 Å². The van der Waals surface area contributed by atoms with E-state index in [0.717, 1.165) is 30.0 Å². The summed E-state index contributed by atoms with van der Waals surface area (Å²) in [6, 6.07) is 13.3. The maximum Gasteiger partial charge on any atom is 0.134 e. The van der Waals surface area contributed by atoms with Gasteiger partial charge >= 0.3 is 0 Å². The lowest BCUT2D eigenvalue weighted by Gasteiger charge is -2.09. The molecule has 2 nitrogen and oxygen atoms in total. The fourth-order valence-electron chi connectivity index (χ4n) is 2.40. The molecule has 1 aromatic carbocycles. The Hall–Kier alpha value is -1.54. The molecule has 1 unspecified atom stereocenters. The maximum atomic E-state index is 5.95. The molecular weight excluding hydrogens is 246 g/mol. The van der Waals surface area contributed by atoms with Gasteiger partial charge in [0.1, 0.15) is 11.5 Å². The molecule has 2 rings (SSSR count). The zero-order valence-corrected chi connectivity index (χ0v) is 12.9. The van der Waals surface area contributed by atoms with Gasteiger partial charge in [-0.05, 0) is 37.1 Å². The smallest absolute Gasteiger partial charge is 0.134 e. The average Bonchev–Trinajstić information content (AvgIpc) is 2.87. The summed E-state index contributed by atoms with van der Waals surface area (Å²) in [4.78, 5) is 0. The van der Waals surface area contributed by atoms with Crippen molar-refractivity contribution in [3.63, 3.8) is 0 Å². The molecule has 0 saturated heterocycles. The Morgan fingerprint density at radius 3 is 2.30 bits per heavy atom. The van der Waals surface area contributed by atoms with E-state index in [4.69, 9.17) is 4.42 Å². The fraction of sp³-hybridized carbons (Fsp3) is 0.444. The molecule has 0 spiro atoms. The molecule has 1 aromatic heterocycles. The SMILES string of the molecule is CCNC(C)Cc1ccc(-c2ccc(C(C)C)cc2)o1. The first-order chi connectivity index (χ1) is 9.60. The highest BCUT2D eigenvalue weighted by molar-refractivity contribution is 5.58. The van der Waals surface area contributed by atoms with E-state index in [-0.39, 0.29) is 0 Å². The minimum atomic E-state index is 0.447. The average molecular weight is 271 g/mol. The summed E-state index contributed by atoms with van der Waals surface area (Å²) in [7, 11) is 0. The molecule has 20 heavy (non-hydrogen) atoms. The van der Waals surface area contributed by atoms with Crippen LogP contribution in [0.3, 0.4) is 0 Å². The quantitative estimate of drug-likeness (QED) is 0.830. The number of rotatable bonds is 6. The molecule has 2 aromatic rings. The van der Waals surface area contributed by atoms with Crippen molar-refractivity contribution in [3.8, 4) is 11.3 Å². The molecule has 0 amide bonds. The Bertz CT molecular complexity index is 525. The Kier molecular flexibility index (Phi) is 5.02. The van der Waals surface area contributed by atoms with Gasteiger partial charge in [0.25, 0.3) is 0 Å². The van der Waals surface area contributed by atoms with Crippen molar-refractivity contribution in [2.75, 3.05) is 6.54 Å². The van der Waals surface area contributed by atoms with Crippen LogP contribution in [-0.2, 0) is 6.42 Å². The monoisotopic (exact) mass is 271 g/mol. The van der Waals surface area contributed by atoms with Crippen LogP contribution in [0.4, 0.5) is 0 Å². The fourth-order valence-corrected chi connectivity index (χ4v) is 2.40. The van der Waals surface area contributed by atoms with Crippen LogP contribution in [0.2, 0.25) is 0 Å². The maximum absolute atomic E-state index is 5.95. The van der Waals surface area contributed by atoms with Crippen LogP contribution < -0.4 is 5.32 Å². The topological polar surface area (TPSA) is 25.2 Å². The van der Waals surface area contributed by atoms with Crippen LogP contribution in [0, 0.1) is 0 Å². The Balaban J connectivity index is 2.08. The summed E-state index contributed by atoms with van der Waals surface area (Å²) in [6.45, 7) is 9.72. The predicted molar refractivity (Wildman–Crippen MR) is 85.1 cm³/mol. The lowest BCUT2D eigenvalue weighted by molar-refractivity contribution is 0.470. The number of hydrogen-bond acceptors (Lipinski definition) is 2. The molecule has 0 bridgehead atoms. The van der Waals surface area contributed by atoms with Crippen molar-refractivity contribution in [1.82, 2.24) is 5.32 Å². The standard InChI is InChI=1S/C18H25NO/c1-5-19-14(4)12-17-10-11-18(20-17)16-8-6-15(7-9-16)13(2)3/h6-11,13-14,19H,5,12H2,1-4H3. The molecule has 0 aliphatic carbocycles. The minimum absolute atomic E-state index is 0.447. The summed E-state index contributed by atoms with van der Waals surface area (Å²) >= 11 is 0. The van der Waals surface area contributed by atoms with Gasteiger partial charge in [0.15, 0.2) is 0 Å². The second-order valence-electron chi connectivity index (χ2n) is 5.71. The molecule has 2 heteroatoms. The van der Waals surface area contributed by atoms with Gasteiger partial charge in [-0.15, -0.1) is 0 Å². The first-order valence-electron chi connectivity index (χ1n) is 7.52. The van der Waals surface area contributed by atoms with E-state index < -0.39 is 0 Å². The highest BCUT2D eigenvalue weighted by atomic mass is 16.3. The molecule has 1 heterocycles. The number of likely N-dealkylation sites (N-methyl/N-ethyl adjacent to an activating group) is 1. The third kappa shape index (κ3) is 3.73. The summed E-state index contributed by atoms with van der Waals surface area (Å²) in [5, 5.41) is 3.40. The molecule has 0 aliphatic heterocycles. The predicted octanol–water partition coefficient (Wildman–Crippen LogP) is 4.61. The number of benzene rings is 1. The molecule has 0 aliphatic rings. The van der Waals surface area contributed by atoms with Crippen molar-refractivity contribution in [2.45, 2.75) is 46.1 Å². The molecule has 0 saturated carbocycles.